The maximum absolute atomic E-state index is 12.1. The van der Waals surface area contributed by atoms with Crippen molar-refractivity contribution in [2.45, 2.75) is 104 Å². The van der Waals surface area contributed by atoms with Gasteiger partial charge in [-0.2, -0.15) is 0 Å². The molecule has 0 saturated heterocycles. The number of rotatable bonds is 3. The van der Waals surface area contributed by atoms with Crippen LogP contribution in [0.5, 0.6) is 0 Å². The predicted molar refractivity (Wildman–Crippen MR) is 126 cm³/mol. The van der Waals surface area contributed by atoms with Crippen LogP contribution >= 0.6 is 11.8 Å². The number of unbranched alkanes of at least 4 members (excludes halogenated alkanes) is 1. The first-order chi connectivity index (χ1) is 14.2. The summed E-state index contributed by atoms with van der Waals surface area (Å²) in [6.45, 7) is 10.9. The summed E-state index contributed by atoms with van der Waals surface area (Å²) in [6, 6.07) is 0. The van der Waals surface area contributed by atoms with Crippen molar-refractivity contribution in [3.8, 4) is 0 Å². The molecule has 0 aromatic heterocycles. The first kappa shape index (κ1) is 24.0. The van der Waals surface area contributed by atoms with Gasteiger partial charge >= 0.3 is 0 Å². The summed E-state index contributed by atoms with van der Waals surface area (Å²) < 4.78 is 5.90. The summed E-state index contributed by atoms with van der Waals surface area (Å²) in [5.41, 5.74) is 1.73. The predicted octanol–water partition coefficient (Wildman–Crippen LogP) is 6.60. The second kappa shape index (κ2) is 9.48. The van der Waals surface area contributed by atoms with Gasteiger partial charge in [0.1, 0.15) is 0 Å². The van der Waals surface area contributed by atoms with E-state index >= 15 is 0 Å². The number of fused-ring (bicyclic) bond motifs is 5. The molecule has 3 nitrogen and oxygen atoms in total. The van der Waals surface area contributed by atoms with E-state index in [0.29, 0.717) is 35.5 Å². The van der Waals surface area contributed by atoms with E-state index in [1.807, 2.05) is 13.2 Å². The lowest BCUT2D eigenvalue weighted by atomic mass is 9.47. The molecular formula is C26H42O3S. The largest absolute Gasteiger partial charge is 0.381 e. The Balaban J connectivity index is 0.000000589. The van der Waals surface area contributed by atoms with Crippen LogP contribution < -0.4 is 0 Å². The molecule has 4 aliphatic carbocycles. The summed E-state index contributed by atoms with van der Waals surface area (Å²) in [7, 11) is 1.86. The van der Waals surface area contributed by atoms with Gasteiger partial charge in [0.2, 0.25) is 0 Å². The van der Waals surface area contributed by atoms with Crippen molar-refractivity contribution in [2.75, 3.05) is 7.11 Å². The molecule has 3 saturated carbocycles. The summed E-state index contributed by atoms with van der Waals surface area (Å²) in [5.74, 6) is 2.08. The van der Waals surface area contributed by atoms with Crippen molar-refractivity contribution < 1.29 is 14.3 Å². The van der Waals surface area contributed by atoms with Crippen LogP contribution in [0.4, 0.5) is 0 Å². The van der Waals surface area contributed by atoms with Gasteiger partial charge in [0, 0.05) is 25.7 Å². The lowest BCUT2D eigenvalue weighted by Crippen LogP contribution is -2.55. The van der Waals surface area contributed by atoms with Gasteiger partial charge in [0.25, 0.3) is 0 Å². The third kappa shape index (κ3) is 4.20. The van der Waals surface area contributed by atoms with E-state index in [4.69, 9.17) is 4.74 Å². The molecule has 0 radical (unpaired) electrons. The quantitative estimate of drug-likeness (QED) is 0.502. The second-order valence-electron chi connectivity index (χ2n) is 10.5. The van der Waals surface area contributed by atoms with Crippen molar-refractivity contribution in [3.05, 3.63) is 11.6 Å². The van der Waals surface area contributed by atoms with E-state index in [0.717, 1.165) is 19.3 Å². The normalized spacial score (nSPS) is 42.3. The third-order valence-electron chi connectivity index (χ3n) is 8.98. The van der Waals surface area contributed by atoms with Gasteiger partial charge in [-0.15, -0.1) is 0 Å². The Morgan fingerprint density at radius 3 is 2.43 bits per heavy atom. The van der Waals surface area contributed by atoms with Crippen LogP contribution in [0.25, 0.3) is 0 Å². The molecule has 0 aromatic rings. The Labute approximate surface area is 188 Å². The summed E-state index contributed by atoms with van der Waals surface area (Å²) in [5, 5.41) is 0.539. The van der Waals surface area contributed by atoms with Crippen LogP contribution in [0.15, 0.2) is 11.6 Å². The average molecular weight is 435 g/mol. The highest BCUT2D eigenvalue weighted by Gasteiger charge is 2.61. The molecule has 4 heteroatoms. The maximum Gasteiger partial charge on any atom is 0.186 e. The van der Waals surface area contributed by atoms with Gasteiger partial charge in [-0.05, 0) is 73.2 Å². The SMILES string of the molecule is CCCC.COC1CCC2C3C(CCC12C)C1(C)CCC(=O)C=C1C[C@H]3SC(C)=O. The number of ketones is 1. The van der Waals surface area contributed by atoms with Crippen molar-refractivity contribution in [1.29, 1.82) is 0 Å². The average Bonchev–Trinajstić information content (AvgIpc) is 3.05. The Bertz CT molecular complexity index is 684. The fourth-order valence-corrected chi connectivity index (χ4v) is 8.40. The van der Waals surface area contributed by atoms with E-state index in [9.17, 15) is 9.59 Å². The van der Waals surface area contributed by atoms with Crippen molar-refractivity contribution in [3.63, 3.8) is 0 Å². The van der Waals surface area contributed by atoms with Gasteiger partial charge in [-0.1, -0.05) is 57.9 Å². The molecule has 30 heavy (non-hydrogen) atoms. The van der Waals surface area contributed by atoms with E-state index in [1.165, 1.54) is 37.7 Å². The molecule has 0 spiro atoms. The molecule has 0 bridgehead atoms. The minimum absolute atomic E-state index is 0.152. The second-order valence-corrected chi connectivity index (χ2v) is 12.0. The molecule has 0 aliphatic heterocycles. The van der Waals surface area contributed by atoms with E-state index in [1.54, 1.807) is 18.7 Å². The number of carbonyl (C=O) groups is 2. The van der Waals surface area contributed by atoms with Crippen LogP contribution in [0.3, 0.4) is 0 Å². The Morgan fingerprint density at radius 1 is 1.13 bits per heavy atom. The molecule has 7 atom stereocenters. The molecule has 4 rings (SSSR count). The zero-order chi connectivity index (χ0) is 22.1. The first-order valence-corrected chi connectivity index (χ1v) is 13.0. The van der Waals surface area contributed by atoms with Gasteiger partial charge < -0.3 is 4.74 Å². The number of hydrogen-bond donors (Lipinski definition) is 0. The molecule has 0 heterocycles. The smallest absolute Gasteiger partial charge is 0.186 e. The molecule has 6 unspecified atom stereocenters. The Hall–Kier alpha value is -0.610. The van der Waals surface area contributed by atoms with Gasteiger partial charge in [-0.25, -0.2) is 0 Å². The van der Waals surface area contributed by atoms with Crippen LogP contribution in [0.1, 0.15) is 92.4 Å². The summed E-state index contributed by atoms with van der Waals surface area (Å²) >= 11 is 1.54. The highest BCUT2D eigenvalue weighted by atomic mass is 32.2. The Kier molecular flexibility index (Phi) is 7.60. The monoisotopic (exact) mass is 434 g/mol. The Morgan fingerprint density at radius 2 is 1.83 bits per heavy atom. The van der Waals surface area contributed by atoms with Crippen molar-refractivity contribution in [2.24, 2.45) is 28.6 Å². The van der Waals surface area contributed by atoms with Crippen LogP contribution in [0, 0.1) is 28.6 Å². The van der Waals surface area contributed by atoms with E-state index in [2.05, 4.69) is 27.7 Å². The van der Waals surface area contributed by atoms with Gasteiger partial charge in [-0.3, -0.25) is 9.59 Å². The number of hydrogen-bond acceptors (Lipinski definition) is 4. The number of allylic oxidation sites excluding steroid dienone is 1. The first-order valence-electron chi connectivity index (χ1n) is 12.1. The maximum atomic E-state index is 12.1. The van der Waals surface area contributed by atoms with Gasteiger partial charge in [0.05, 0.1) is 6.10 Å². The zero-order valence-corrected chi connectivity index (χ0v) is 20.8. The standard InChI is InChI=1S/C22H32O3S.C4H10/c1-13(23)26-18-12-14-11-15(24)7-9-21(14,2)17-8-10-22(3)16(20(17)18)5-6-19(22)25-4;1-3-4-2/h11,16-20H,5-10,12H2,1-4H3;3-4H2,1-2H3/t16?,17?,18-,19?,20?,21?,22?;/m1./s1. The minimum atomic E-state index is 0.152. The molecule has 4 aliphatic rings. The van der Waals surface area contributed by atoms with E-state index < -0.39 is 0 Å². The lowest BCUT2D eigenvalue weighted by molar-refractivity contribution is -0.118. The molecule has 170 valence electrons. The minimum Gasteiger partial charge on any atom is -0.381 e. The van der Waals surface area contributed by atoms with E-state index in [-0.39, 0.29) is 21.7 Å². The molecule has 0 N–H and O–H groups in total. The topological polar surface area (TPSA) is 43.4 Å². The van der Waals surface area contributed by atoms with Crippen molar-refractivity contribution >= 4 is 22.7 Å². The highest BCUT2D eigenvalue weighted by Crippen LogP contribution is 2.67. The van der Waals surface area contributed by atoms with Gasteiger partial charge in [0.15, 0.2) is 10.9 Å². The highest BCUT2D eigenvalue weighted by molar-refractivity contribution is 8.14. The fourth-order valence-electron chi connectivity index (χ4n) is 7.17. The van der Waals surface area contributed by atoms with Crippen LogP contribution in [0.2, 0.25) is 0 Å². The molecular weight excluding hydrogens is 392 g/mol. The number of ether oxygens (including phenoxy) is 1. The lowest BCUT2D eigenvalue weighted by Gasteiger charge is -2.60. The number of methoxy groups -OCH3 is 1. The van der Waals surface area contributed by atoms with Crippen LogP contribution in [-0.2, 0) is 14.3 Å². The zero-order valence-electron chi connectivity index (χ0n) is 20.0. The summed E-state index contributed by atoms with van der Waals surface area (Å²) in [6.07, 6.45) is 12.3. The third-order valence-corrected chi connectivity index (χ3v) is 10.1. The molecule has 0 aromatic carbocycles. The number of thioether (sulfide) groups is 1. The van der Waals surface area contributed by atoms with Crippen molar-refractivity contribution in [1.82, 2.24) is 0 Å². The van der Waals surface area contributed by atoms with Crippen LogP contribution in [-0.4, -0.2) is 29.4 Å². The molecule has 3 fully saturated rings. The number of carbonyl (C=O) groups excluding carboxylic acids is 2. The fraction of sp³-hybridized carbons (Fsp3) is 0.846. The molecule has 0 amide bonds. The summed E-state index contributed by atoms with van der Waals surface area (Å²) in [4.78, 5) is 24.1.